The van der Waals surface area contributed by atoms with Crippen LogP contribution in [-0.2, 0) is 4.79 Å². The molecule has 0 saturated heterocycles. The van der Waals surface area contributed by atoms with E-state index in [1.165, 1.54) is 11.6 Å². The summed E-state index contributed by atoms with van der Waals surface area (Å²) >= 11 is 1.61. The first-order valence-electron chi connectivity index (χ1n) is 5.20. The number of amides is 1. The predicted molar refractivity (Wildman–Crippen MR) is 70.0 cm³/mol. The lowest BCUT2D eigenvalue weighted by molar-refractivity contribution is -0.111. The van der Waals surface area contributed by atoms with E-state index in [-0.39, 0.29) is 5.91 Å². The number of carbonyl (C=O) groups excluding carboxylic acids is 1. The summed E-state index contributed by atoms with van der Waals surface area (Å²) in [6.45, 7) is 3.90. The molecule has 88 valence electrons. The minimum absolute atomic E-state index is 0.177. The van der Waals surface area contributed by atoms with E-state index in [2.05, 4.69) is 15.5 Å². The van der Waals surface area contributed by atoms with Crippen molar-refractivity contribution in [3.63, 3.8) is 0 Å². The summed E-state index contributed by atoms with van der Waals surface area (Å²) in [6, 6.07) is 3.81. The van der Waals surface area contributed by atoms with Gasteiger partial charge in [-0.15, -0.1) is 11.3 Å². The van der Waals surface area contributed by atoms with E-state index in [4.69, 9.17) is 0 Å². The molecule has 2 aromatic rings. The van der Waals surface area contributed by atoms with Crippen molar-refractivity contribution in [1.82, 2.24) is 10.2 Å². The largest absolute Gasteiger partial charge is 0.306 e. The zero-order chi connectivity index (χ0) is 12.3. The highest BCUT2D eigenvalue weighted by atomic mass is 32.1. The minimum atomic E-state index is -0.177. The summed E-state index contributed by atoms with van der Waals surface area (Å²) in [7, 11) is 0. The first-order valence-corrected chi connectivity index (χ1v) is 6.08. The fourth-order valence-electron chi connectivity index (χ4n) is 1.36. The summed E-state index contributed by atoms with van der Waals surface area (Å²) in [4.78, 5) is 12.7. The lowest BCUT2D eigenvalue weighted by Gasteiger charge is -1.95. The molecule has 4 nitrogen and oxygen atoms in total. The van der Waals surface area contributed by atoms with Gasteiger partial charge < -0.3 is 5.32 Å². The topological polar surface area (TPSA) is 57.8 Å². The van der Waals surface area contributed by atoms with Crippen molar-refractivity contribution in [1.29, 1.82) is 0 Å². The molecular weight excluding hydrogens is 234 g/mol. The third-order valence-electron chi connectivity index (χ3n) is 2.24. The van der Waals surface area contributed by atoms with Crippen molar-refractivity contribution >= 4 is 29.1 Å². The maximum absolute atomic E-state index is 11.6. The molecule has 5 heteroatoms. The number of hydrogen-bond acceptors (Lipinski definition) is 3. The lowest BCUT2D eigenvalue weighted by atomic mass is 10.3. The average Bonchev–Trinajstić information content (AvgIpc) is 2.85. The van der Waals surface area contributed by atoms with Crippen LogP contribution in [-0.4, -0.2) is 16.1 Å². The third-order valence-corrected chi connectivity index (χ3v) is 3.23. The average molecular weight is 247 g/mol. The zero-order valence-corrected chi connectivity index (χ0v) is 10.5. The molecule has 2 rings (SSSR count). The fourth-order valence-corrected chi connectivity index (χ4v) is 2.18. The monoisotopic (exact) mass is 247 g/mol. The van der Waals surface area contributed by atoms with Crippen LogP contribution < -0.4 is 5.32 Å². The predicted octanol–water partition coefficient (Wildman–Crippen LogP) is 2.74. The van der Waals surface area contributed by atoms with Crippen LogP contribution in [0.2, 0.25) is 0 Å². The van der Waals surface area contributed by atoms with Gasteiger partial charge in [-0.3, -0.25) is 9.89 Å². The molecule has 0 aromatic carbocycles. The van der Waals surface area contributed by atoms with Crippen molar-refractivity contribution < 1.29 is 4.79 Å². The van der Waals surface area contributed by atoms with Crippen molar-refractivity contribution in [3.05, 3.63) is 39.7 Å². The number of anilines is 1. The van der Waals surface area contributed by atoms with Gasteiger partial charge in [0, 0.05) is 22.7 Å². The third kappa shape index (κ3) is 3.04. The maximum atomic E-state index is 11.6. The normalized spacial score (nSPS) is 10.9. The number of thiophene rings is 1. The molecule has 2 N–H and O–H groups in total. The van der Waals surface area contributed by atoms with Crippen LogP contribution in [0.1, 0.15) is 16.1 Å². The highest BCUT2D eigenvalue weighted by molar-refractivity contribution is 7.11. The van der Waals surface area contributed by atoms with Gasteiger partial charge >= 0.3 is 0 Å². The Morgan fingerprint density at radius 2 is 2.35 bits per heavy atom. The number of aryl methyl sites for hydroxylation is 2. The Balaban J connectivity index is 1.98. The number of rotatable bonds is 3. The molecule has 2 heterocycles. The van der Waals surface area contributed by atoms with Crippen LogP contribution in [0.25, 0.3) is 6.08 Å². The summed E-state index contributed by atoms with van der Waals surface area (Å²) in [6.07, 6.45) is 3.33. The van der Waals surface area contributed by atoms with Gasteiger partial charge in [-0.05, 0) is 36.9 Å². The van der Waals surface area contributed by atoms with Gasteiger partial charge in [0.25, 0.3) is 0 Å². The van der Waals surface area contributed by atoms with E-state index in [1.807, 2.05) is 31.4 Å². The van der Waals surface area contributed by atoms with E-state index >= 15 is 0 Å². The molecule has 0 radical (unpaired) electrons. The van der Waals surface area contributed by atoms with Gasteiger partial charge in [0.05, 0.1) is 0 Å². The van der Waals surface area contributed by atoms with Crippen molar-refractivity contribution in [2.75, 3.05) is 5.32 Å². The molecule has 0 bridgehead atoms. The number of nitrogens with zero attached hydrogens (tertiary/aromatic N) is 1. The van der Waals surface area contributed by atoms with E-state index < -0.39 is 0 Å². The zero-order valence-electron chi connectivity index (χ0n) is 9.65. The van der Waals surface area contributed by atoms with E-state index in [1.54, 1.807) is 17.4 Å². The quantitative estimate of drug-likeness (QED) is 0.819. The van der Waals surface area contributed by atoms with E-state index in [0.29, 0.717) is 5.82 Å². The standard InChI is InChI=1S/C12H13N3OS/c1-8-5-6-17-10(8)3-4-12(16)13-11-7-9(2)14-15-11/h3-7H,1-2H3,(H2,13,14,15,16). The van der Waals surface area contributed by atoms with Crippen LogP contribution in [0.15, 0.2) is 23.6 Å². The second-order valence-corrected chi connectivity index (χ2v) is 4.67. The Kier molecular flexibility index (Phi) is 3.39. The Hall–Kier alpha value is -1.88. The Bertz CT molecular complexity index is 554. The summed E-state index contributed by atoms with van der Waals surface area (Å²) in [5.74, 6) is 0.365. The van der Waals surface area contributed by atoms with Gasteiger partial charge in [-0.25, -0.2) is 0 Å². The molecule has 1 amide bonds. The van der Waals surface area contributed by atoms with Gasteiger partial charge in [0.15, 0.2) is 5.82 Å². The van der Waals surface area contributed by atoms with Gasteiger partial charge in [0.1, 0.15) is 0 Å². The first-order chi connectivity index (χ1) is 8.15. The van der Waals surface area contributed by atoms with Gasteiger partial charge in [-0.2, -0.15) is 5.10 Å². The van der Waals surface area contributed by atoms with Crippen LogP contribution in [0.5, 0.6) is 0 Å². The summed E-state index contributed by atoms with van der Waals surface area (Å²) in [5.41, 5.74) is 2.09. The molecule has 2 aromatic heterocycles. The van der Waals surface area contributed by atoms with Crippen molar-refractivity contribution in [2.24, 2.45) is 0 Å². The molecule has 0 spiro atoms. The van der Waals surface area contributed by atoms with E-state index in [0.717, 1.165) is 10.6 Å². The van der Waals surface area contributed by atoms with Gasteiger partial charge in [0.2, 0.25) is 5.91 Å². The number of H-pyrrole nitrogens is 1. The Morgan fingerprint density at radius 3 is 2.94 bits per heavy atom. The smallest absolute Gasteiger partial charge is 0.249 e. The second kappa shape index (κ2) is 4.97. The van der Waals surface area contributed by atoms with Crippen LogP contribution >= 0.6 is 11.3 Å². The fraction of sp³-hybridized carbons (Fsp3) is 0.167. The van der Waals surface area contributed by atoms with E-state index in [9.17, 15) is 4.79 Å². The first kappa shape index (κ1) is 11.6. The molecule has 0 unspecified atom stereocenters. The molecule has 0 fully saturated rings. The lowest BCUT2D eigenvalue weighted by Crippen LogP contribution is -2.07. The number of nitrogens with one attached hydrogen (secondary N) is 2. The number of carbonyl (C=O) groups is 1. The van der Waals surface area contributed by atoms with Crippen LogP contribution in [0.4, 0.5) is 5.82 Å². The van der Waals surface area contributed by atoms with Crippen LogP contribution in [0, 0.1) is 13.8 Å². The summed E-state index contributed by atoms with van der Waals surface area (Å²) in [5, 5.41) is 11.4. The Morgan fingerprint density at radius 1 is 1.53 bits per heavy atom. The van der Waals surface area contributed by atoms with Crippen molar-refractivity contribution in [3.8, 4) is 0 Å². The highest BCUT2D eigenvalue weighted by Crippen LogP contribution is 2.17. The van der Waals surface area contributed by atoms with Gasteiger partial charge in [-0.1, -0.05) is 0 Å². The molecule has 17 heavy (non-hydrogen) atoms. The second-order valence-electron chi connectivity index (χ2n) is 3.73. The minimum Gasteiger partial charge on any atom is -0.306 e. The molecular formula is C12H13N3OS. The van der Waals surface area contributed by atoms with Crippen molar-refractivity contribution in [2.45, 2.75) is 13.8 Å². The number of aromatic amines is 1. The number of hydrogen-bond donors (Lipinski definition) is 2. The number of aromatic nitrogens is 2. The highest BCUT2D eigenvalue weighted by Gasteiger charge is 2.01. The molecule has 0 atom stereocenters. The van der Waals surface area contributed by atoms with Crippen LogP contribution in [0.3, 0.4) is 0 Å². The molecule has 0 aliphatic rings. The maximum Gasteiger partial charge on any atom is 0.249 e. The summed E-state index contributed by atoms with van der Waals surface area (Å²) < 4.78 is 0. The molecule has 0 saturated carbocycles. The SMILES string of the molecule is Cc1cc(NC(=O)C=Cc2sccc2C)n[nH]1. The molecule has 0 aliphatic carbocycles. The Labute approximate surface area is 103 Å². The molecule has 0 aliphatic heterocycles.